The van der Waals surface area contributed by atoms with Gasteiger partial charge in [0.1, 0.15) is 0 Å². The highest BCUT2D eigenvalue weighted by atomic mass is 32.2. The number of nitrogens with one attached hydrogen (secondary N) is 2. The number of hydrogen-bond donors (Lipinski definition) is 2. The first-order chi connectivity index (χ1) is 9.33. The molecule has 2 atom stereocenters. The lowest BCUT2D eigenvalue weighted by Crippen LogP contribution is -2.35. The minimum Gasteiger partial charge on any atom is -0.349 e. The largest absolute Gasteiger partial charge is 0.349 e. The van der Waals surface area contributed by atoms with Gasteiger partial charge in [0, 0.05) is 23.1 Å². The Kier molecular flexibility index (Phi) is 4.09. The molecule has 0 saturated carbocycles. The molecule has 2 heterocycles. The quantitative estimate of drug-likeness (QED) is 0.891. The molecule has 1 saturated heterocycles. The lowest BCUT2D eigenvalue weighted by atomic mass is 10.0. The SMILES string of the molecule is O=C(CC1CCCN1)NC1CCSc2ccccc21. The molecule has 2 N–H and O–H groups in total. The van der Waals surface area contributed by atoms with Gasteiger partial charge in [-0.25, -0.2) is 0 Å². The second-order valence-corrected chi connectivity index (χ2v) is 6.43. The summed E-state index contributed by atoms with van der Waals surface area (Å²) in [5.41, 5.74) is 1.28. The lowest BCUT2D eigenvalue weighted by Gasteiger charge is -2.26. The summed E-state index contributed by atoms with van der Waals surface area (Å²) in [5.74, 6) is 1.27. The first kappa shape index (κ1) is 13.0. The molecule has 0 radical (unpaired) electrons. The molecule has 1 aromatic carbocycles. The Balaban J connectivity index is 1.62. The van der Waals surface area contributed by atoms with Crippen LogP contribution in [-0.4, -0.2) is 24.2 Å². The van der Waals surface area contributed by atoms with Crippen LogP contribution >= 0.6 is 11.8 Å². The summed E-state index contributed by atoms with van der Waals surface area (Å²) in [7, 11) is 0. The predicted octanol–water partition coefficient (Wildman–Crippen LogP) is 2.48. The first-order valence-electron chi connectivity index (χ1n) is 7.07. The lowest BCUT2D eigenvalue weighted by molar-refractivity contribution is -0.122. The number of thioether (sulfide) groups is 1. The van der Waals surface area contributed by atoms with Gasteiger partial charge in [-0.1, -0.05) is 18.2 Å². The molecule has 3 nitrogen and oxygen atoms in total. The maximum atomic E-state index is 12.1. The van der Waals surface area contributed by atoms with Crippen molar-refractivity contribution >= 4 is 17.7 Å². The van der Waals surface area contributed by atoms with E-state index in [1.54, 1.807) is 0 Å². The maximum absolute atomic E-state index is 12.1. The molecule has 0 aromatic heterocycles. The molecule has 0 spiro atoms. The molecule has 1 aromatic rings. The van der Waals surface area contributed by atoms with Crippen LogP contribution in [0.15, 0.2) is 29.2 Å². The standard InChI is InChI=1S/C15H20N2OS/c18-15(10-11-4-3-8-16-11)17-13-7-9-19-14-6-2-1-5-12(13)14/h1-2,5-6,11,13,16H,3-4,7-10H2,(H,17,18). The van der Waals surface area contributed by atoms with Crippen molar-refractivity contribution in [3.05, 3.63) is 29.8 Å². The zero-order chi connectivity index (χ0) is 13.1. The van der Waals surface area contributed by atoms with Gasteiger partial charge >= 0.3 is 0 Å². The van der Waals surface area contributed by atoms with E-state index in [0.29, 0.717) is 12.5 Å². The van der Waals surface area contributed by atoms with Gasteiger partial charge < -0.3 is 10.6 Å². The van der Waals surface area contributed by atoms with Crippen LogP contribution in [0.4, 0.5) is 0 Å². The Morgan fingerprint density at radius 1 is 1.37 bits per heavy atom. The van der Waals surface area contributed by atoms with E-state index < -0.39 is 0 Å². The average molecular weight is 276 g/mol. The minimum absolute atomic E-state index is 0.186. The highest BCUT2D eigenvalue weighted by molar-refractivity contribution is 7.99. The number of carbonyl (C=O) groups is 1. The van der Waals surface area contributed by atoms with E-state index in [4.69, 9.17) is 0 Å². The van der Waals surface area contributed by atoms with Gasteiger partial charge in [0.15, 0.2) is 0 Å². The third-order valence-corrected chi connectivity index (χ3v) is 5.01. The highest BCUT2D eigenvalue weighted by Gasteiger charge is 2.24. The van der Waals surface area contributed by atoms with Crippen LogP contribution in [0.1, 0.15) is 37.3 Å². The second-order valence-electron chi connectivity index (χ2n) is 5.29. The second kappa shape index (κ2) is 5.97. The number of hydrogen-bond acceptors (Lipinski definition) is 3. The van der Waals surface area contributed by atoms with E-state index in [0.717, 1.165) is 25.1 Å². The van der Waals surface area contributed by atoms with Gasteiger partial charge in [0.25, 0.3) is 0 Å². The van der Waals surface area contributed by atoms with Crippen molar-refractivity contribution in [2.75, 3.05) is 12.3 Å². The van der Waals surface area contributed by atoms with E-state index in [9.17, 15) is 4.79 Å². The molecule has 2 unspecified atom stereocenters. The molecule has 2 aliphatic rings. The van der Waals surface area contributed by atoms with Gasteiger partial charge in [-0.2, -0.15) is 0 Å². The molecule has 0 bridgehead atoms. The zero-order valence-electron chi connectivity index (χ0n) is 11.0. The summed E-state index contributed by atoms with van der Waals surface area (Å²) >= 11 is 1.89. The molecular formula is C15H20N2OS. The summed E-state index contributed by atoms with van der Waals surface area (Å²) < 4.78 is 0. The molecule has 102 valence electrons. The number of carbonyl (C=O) groups excluding carboxylic acids is 1. The average Bonchev–Trinajstić information content (AvgIpc) is 2.92. The molecule has 19 heavy (non-hydrogen) atoms. The fourth-order valence-corrected chi connectivity index (χ4v) is 4.03. The monoisotopic (exact) mass is 276 g/mol. The molecule has 1 amide bonds. The highest BCUT2D eigenvalue weighted by Crippen LogP contribution is 2.35. The van der Waals surface area contributed by atoms with Gasteiger partial charge in [-0.05, 0) is 37.4 Å². The van der Waals surface area contributed by atoms with Crippen molar-refractivity contribution in [1.82, 2.24) is 10.6 Å². The van der Waals surface area contributed by atoms with Crippen LogP contribution in [0.5, 0.6) is 0 Å². The third-order valence-electron chi connectivity index (χ3n) is 3.89. The van der Waals surface area contributed by atoms with Crippen LogP contribution in [0.3, 0.4) is 0 Å². The van der Waals surface area contributed by atoms with Crippen molar-refractivity contribution in [3.8, 4) is 0 Å². The van der Waals surface area contributed by atoms with Gasteiger partial charge in [0.2, 0.25) is 5.91 Å². The molecule has 1 fully saturated rings. The Labute approximate surface area is 118 Å². The van der Waals surface area contributed by atoms with Crippen molar-refractivity contribution in [2.24, 2.45) is 0 Å². The van der Waals surface area contributed by atoms with Crippen LogP contribution in [0.2, 0.25) is 0 Å². The van der Waals surface area contributed by atoms with Crippen LogP contribution in [0.25, 0.3) is 0 Å². The molecule has 2 aliphatic heterocycles. The van der Waals surface area contributed by atoms with E-state index in [1.807, 2.05) is 11.8 Å². The van der Waals surface area contributed by atoms with Gasteiger partial charge in [0.05, 0.1) is 6.04 Å². The summed E-state index contributed by atoms with van der Waals surface area (Å²) in [6.07, 6.45) is 3.97. The summed E-state index contributed by atoms with van der Waals surface area (Å²) in [6, 6.07) is 9.00. The van der Waals surface area contributed by atoms with Gasteiger partial charge in [-0.15, -0.1) is 11.8 Å². The van der Waals surface area contributed by atoms with Crippen molar-refractivity contribution in [1.29, 1.82) is 0 Å². The number of rotatable bonds is 3. The Morgan fingerprint density at radius 2 is 2.26 bits per heavy atom. The predicted molar refractivity (Wildman–Crippen MR) is 78.3 cm³/mol. The Bertz CT molecular complexity index is 457. The number of benzene rings is 1. The van der Waals surface area contributed by atoms with Crippen molar-refractivity contribution in [3.63, 3.8) is 0 Å². The zero-order valence-corrected chi connectivity index (χ0v) is 11.8. The third kappa shape index (κ3) is 3.12. The van der Waals surface area contributed by atoms with E-state index >= 15 is 0 Å². The van der Waals surface area contributed by atoms with E-state index in [2.05, 4.69) is 34.9 Å². The normalized spacial score (nSPS) is 25.9. The van der Waals surface area contributed by atoms with E-state index in [1.165, 1.54) is 16.9 Å². The van der Waals surface area contributed by atoms with Crippen molar-refractivity contribution < 1.29 is 4.79 Å². The molecule has 4 heteroatoms. The Hall–Kier alpha value is -1.00. The van der Waals surface area contributed by atoms with Crippen LogP contribution < -0.4 is 10.6 Å². The van der Waals surface area contributed by atoms with Crippen LogP contribution in [0, 0.1) is 0 Å². The fraction of sp³-hybridized carbons (Fsp3) is 0.533. The summed E-state index contributed by atoms with van der Waals surface area (Å²) in [6.45, 7) is 1.06. The summed E-state index contributed by atoms with van der Waals surface area (Å²) in [4.78, 5) is 13.4. The molecule has 3 rings (SSSR count). The maximum Gasteiger partial charge on any atom is 0.222 e. The topological polar surface area (TPSA) is 41.1 Å². The number of amides is 1. The smallest absolute Gasteiger partial charge is 0.222 e. The fourth-order valence-electron chi connectivity index (χ4n) is 2.90. The summed E-state index contributed by atoms with van der Waals surface area (Å²) in [5, 5.41) is 6.59. The Morgan fingerprint density at radius 3 is 3.11 bits per heavy atom. The van der Waals surface area contributed by atoms with Crippen LogP contribution in [-0.2, 0) is 4.79 Å². The van der Waals surface area contributed by atoms with E-state index in [-0.39, 0.29) is 11.9 Å². The minimum atomic E-state index is 0.186. The molecular weight excluding hydrogens is 256 g/mol. The van der Waals surface area contributed by atoms with Crippen molar-refractivity contribution in [2.45, 2.75) is 42.7 Å². The molecule has 0 aliphatic carbocycles. The van der Waals surface area contributed by atoms with Gasteiger partial charge in [-0.3, -0.25) is 4.79 Å². The number of fused-ring (bicyclic) bond motifs is 1. The first-order valence-corrected chi connectivity index (χ1v) is 8.06.